The van der Waals surface area contributed by atoms with Crippen LogP contribution in [0.2, 0.25) is 0 Å². The lowest BCUT2D eigenvalue weighted by Gasteiger charge is -2.34. The zero-order valence-corrected chi connectivity index (χ0v) is 15.0. The summed E-state index contributed by atoms with van der Waals surface area (Å²) in [4.78, 5) is 25.8. The van der Waals surface area contributed by atoms with Gasteiger partial charge in [-0.25, -0.2) is 4.68 Å². The van der Waals surface area contributed by atoms with Gasteiger partial charge in [0.15, 0.2) is 5.69 Å². The Kier molecular flexibility index (Phi) is 4.92. The molecule has 1 fully saturated rings. The number of benzene rings is 1. The standard InChI is InChI=1S/C18H22N4O4/c1-11-8-13(18(24)25)10-21(9-11)17(23)16-12(2)22(20-19-16)14-4-6-15(26-3)7-5-14/h4-7,11,13H,8-10H2,1-3H3,(H,24,25). The van der Waals surface area contributed by atoms with Crippen LogP contribution in [-0.2, 0) is 4.79 Å². The Balaban J connectivity index is 1.84. The molecule has 0 spiro atoms. The number of nitrogens with zero attached hydrogens (tertiary/aromatic N) is 4. The maximum absolute atomic E-state index is 12.9. The first kappa shape index (κ1) is 17.9. The van der Waals surface area contributed by atoms with Gasteiger partial charge in [0.05, 0.1) is 24.4 Å². The van der Waals surface area contributed by atoms with Gasteiger partial charge in [-0.3, -0.25) is 9.59 Å². The van der Waals surface area contributed by atoms with Gasteiger partial charge in [0, 0.05) is 13.1 Å². The minimum absolute atomic E-state index is 0.130. The van der Waals surface area contributed by atoms with Gasteiger partial charge >= 0.3 is 5.97 Å². The molecule has 3 rings (SSSR count). The second-order valence-corrected chi connectivity index (χ2v) is 6.72. The predicted octanol–water partition coefficient (Wildman–Crippen LogP) is 1.77. The number of hydrogen-bond donors (Lipinski definition) is 1. The average Bonchev–Trinajstić information content (AvgIpc) is 3.02. The van der Waals surface area contributed by atoms with Crippen LogP contribution in [0.1, 0.15) is 29.5 Å². The van der Waals surface area contributed by atoms with E-state index in [1.165, 1.54) is 0 Å². The Hall–Kier alpha value is -2.90. The molecule has 2 aromatic rings. The molecule has 8 heteroatoms. The van der Waals surface area contributed by atoms with Gasteiger partial charge in [0.1, 0.15) is 5.75 Å². The van der Waals surface area contributed by atoms with Crippen LogP contribution >= 0.6 is 0 Å². The molecule has 2 heterocycles. The lowest BCUT2D eigenvalue weighted by atomic mass is 9.90. The molecular weight excluding hydrogens is 336 g/mol. The number of carboxylic acid groups (broad SMARTS) is 1. The second-order valence-electron chi connectivity index (χ2n) is 6.72. The average molecular weight is 358 g/mol. The minimum Gasteiger partial charge on any atom is -0.497 e. The molecule has 0 saturated carbocycles. The quantitative estimate of drug-likeness (QED) is 0.894. The van der Waals surface area contributed by atoms with Crippen molar-refractivity contribution in [3.05, 3.63) is 35.7 Å². The van der Waals surface area contributed by atoms with E-state index >= 15 is 0 Å². The first-order valence-corrected chi connectivity index (χ1v) is 8.49. The molecule has 2 unspecified atom stereocenters. The molecule has 1 aromatic carbocycles. The van der Waals surface area contributed by atoms with Crippen molar-refractivity contribution in [1.82, 2.24) is 19.9 Å². The van der Waals surface area contributed by atoms with Crippen molar-refractivity contribution >= 4 is 11.9 Å². The Morgan fingerprint density at radius 2 is 1.92 bits per heavy atom. The van der Waals surface area contributed by atoms with Crippen LogP contribution in [0.5, 0.6) is 5.75 Å². The topological polar surface area (TPSA) is 97.5 Å². The molecule has 1 N–H and O–H groups in total. The van der Waals surface area contributed by atoms with E-state index in [0.717, 1.165) is 11.4 Å². The van der Waals surface area contributed by atoms with E-state index in [4.69, 9.17) is 4.74 Å². The van der Waals surface area contributed by atoms with Crippen molar-refractivity contribution in [3.8, 4) is 11.4 Å². The number of piperidine rings is 1. The predicted molar refractivity (Wildman–Crippen MR) is 93.5 cm³/mol. The first-order chi connectivity index (χ1) is 12.4. The largest absolute Gasteiger partial charge is 0.497 e. The van der Waals surface area contributed by atoms with Crippen LogP contribution in [0.4, 0.5) is 0 Å². The number of aromatic nitrogens is 3. The number of hydrogen-bond acceptors (Lipinski definition) is 5. The Bertz CT molecular complexity index is 815. The maximum atomic E-state index is 12.9. The highest BCUT2D eigenvalue weighted by molar-refractivity contribution is 5.93. The van der Waals surface area contributed by atoms with E-state index < -0.39 is 11.9 Å². The zero-order valence-electron chi connectivity index (χ0n) is 15.0. The summed E-state index contributed by atoms with van der Waals surface area (Å²) < 4.78 is 6.74. The van der Waals surface area contributed by atoms with Crippen molar-refractivity contribution in [2.45, 2.75) is 20.3 Å². The smallest absolute Gasteiger partial charge is 0.308 e. The van der Waals surface area contributed by atoms with Gasteiger partial charge in [0.25, 0.3) is 5.91 Å². The summed E-state index contributed by atoms with van der Waals surface area (Å²) in [7, 11) is 1.59. The van der Waals surface area contributed by atoms with E-state index in [1.807, 2.05) is 31.2 Å². The fourth-order valence-electron chi connectivity index (χ4n) is 3.34. The fourth-order valence-corrected chi connectivity index (χ4v) is 3.34. The highest BCUT2D eigenvalue weighted by Crippen LogP contribution is 2.24. The van der Waals surface area contributed by atoms with E-state index in [-0.39, 0.29) is 24.1 Å². The number of amides is 1. The van der Waals surface area contributed by atoms with E-state index in [0.29, 0.717) is 18.7 Å². The SMILES string of the molecule is COc1ccc(-n2nnc(C(=O)N3CC(C)CC(C(=O)O)C3)c2C)cc1. The van der Waals surface area contributed by atoms with E-state index in [2.05, 4.69) is 10.3 Å². The highest BCUT2D eigenvalue weighted by atomic mass is 16.5. The molecule has 8 nitrogen and oxygen atoms in total. The number of ether oxygens (including phenoxy) is 1. The van der Waals surface area contributed by atoms with Crippen LogP contribution in [0.3, 0.4) is 0 Å². The van der Waals surface area contributed by atoms with Crippen LogP contribution in [0, 0.1) is 18.8 Å². The lowest BCUT2D eigenvalue weighted by molar-refractivity contribution is -0.143. The number of likely N-dealkylation sites (tertiary alicyclic amines) is 1. The summed E-state index contributed by atoms with van der Waals surface area (Å²) in [5.74, 6) is -0.830. The lowest BCUT2D eigenvalue weighted by Crippen LogP contribution is -2.45. The summed E-state index contributed by atoms with van der Waals surface area (Å²) in [6.07, 6.45) is 0.580. The number of carbonyl (C=O) groups excluding carboxylic acids is 1. The number of aliphatic carboxylic acids is 1. The van der Waals surface area contributed by atoms with Gasteiger partial charge in [-0.1, -0.05) is 12.1 Å². The van der Waals surface area contributed by atoms with Crippen molar-refractivity contribution < 1.29 is 19.4 Å². The van der Waals surface area contributed by atoms with Crippen LogP contribution in [-0.4, -0.2) is 57.1 Å². The third-order valence-electron chi connectivity index (χ3n) is 4.71. The molecule has 0 radical (unpaired) electrons. The molecule has 0 aliphatic carbocycles. The van der Waals surface area contributed by atoms with Crippen molar-refractivity contribution in [2.75, 3.05) is 20.2 Å². The van der Waals surface area contributed by atoms with Gasteiger partial charge in [0.2, 0.25) is 0 Å². The highest BCUT2D eigenvalue weighted by Gasteiger charge is 2.34. The van der Waals surface area contributed by atoms with Crippen LogP contribution in [0.15, 0.2) is 24.3 Å². The number of carboxylic acids is 1. The van der Waals surface area contributed by atoms with Crippen molar-refractivity contribution in [1.29, 1.82) is 0 Å². The minimum atomic E-state index is -0.868. The van der Waals surface area contributed by atoms with E-state index in [1.54, 1.807) is 23.6 Å². The zero-order chi connectivity index (χ0) is 18.8. The van der Waals surface area contributed by atoms with E-state index in [9.17, 15) is 14.7 Å². The Labute approximate surface area is 151 Å². The van der Waals surface area contributed by atoms with Crippen LogP contribution in [0.25, 0.3) is 5.69 Å². The summed E-state index contributed by atoms with van der Waals surface area (Å²) in [5.41, 5.74) is 1.63. The maximum Gasteiger partial charge on any atom is 0.308 e. The van der Waals surface area contributed by atoms with Crippen LogP contribution < -0.4 is 4.74 Å². The van der Waals surface area contributed by atoms with Gasteiger partial charge in [-0.2, -0.15) is 0 Å². The third-order valence-corrected chi connectivity index (χ3v) is 4.71. The molecule has 1 amide bonds. The molecule has 1 aliphatic rings. The fraction of sp³-hybridized carbons (Fsp3) is 0.444. The molecule has 0 bridgehead atoms. The van der Waals surface area contributed by atoms with Gasteiger partial charge in [-0.15, -0.1) is 5.10 Å². The van der Waals surface area contributed by atoms with Crippen molar-refractivity contribution in [2.24, 2.45) is 11.8 Å². The Morgan fingerprint density at radius 1 is 1.23 bits per heavy atom. The molecule has 1 saturated heterocycles. The number of methoxy groups -OCH3 is 1. The molecule has 1 aromatic heterocycles. The molecular formula is C18H22N4O4. The molecule has 138 valence electrons. The third kappa shape index (κ3) is 3.40. The summed E-state index contributed by atoms with van der Waals surface area (Å²) in [6, 6.07) is 7.28. The molecule has 1 aliphatic heterocycles. The first-order valence-electron chi connectivity index (χ1n) is 8.49. The summed E-state index contributed by atoms with van der Waals surface area (Å²) in [5, 5.41) is 17.4. The summed E-state index contributed by atoms with van der Waals surface area (Å²) in [6.45, 7) is 4.46. The Morgan fingerprint density at radius 3 is 2.54 bits per heavy atom. The van der Waals surface area contributed by atoms with Gasteiger partial charge in [-0.05, 0) is 43.5 Å². The van der Waals surface area contributed by atoms with Gasteiger partial charge < -0.3 is 14.7 Å². The molecule has 2 atom stereocenters. The molecule has 26 heavy (non-hydrogen) atoms. The monoisotopic (exact) mass is 358 g/mol. The number of carbonyl (C=O) groups is 2. The van der Waals surface area contributed by atoms with Crippen molar-refractivity contribution in [3.63, 3.8) is 0 Å². The normalized spacial score (nSPS) is 20.0. The summed E-state index contributed by atoms with van der Waals surface area (Å²) >= 11 is 0. The number of rotatable bonds is 4. The second kappa shape index (κ2) is 7.15.